The van der Waals surface area contributed by atoms with Crippen molar-refractivity contribution in [1.29, 1.82) is 0 Å². The van der Waals surface area contributed by atoms with Gasteiger partial charge in [-0.3, -0.25) is 4.79 Å². The number of hydrogen-bond donors (Lipinski definition) is 1. The van der Waals surface area contributed by atoms with Gasteiger partial charge >= 0.3 is 0 Å². The lowest BCUT2D eigenvalue weighted by molar-refractivity contribution is -0.113. The maximum atomic E-state index is 13.0. The first kappa shape index (κ1) is 18.4. The third-order valence-corrected chi connectivity index (χ3v) is 4.94. The summed E-state index contributed by atoms with van der Waals surface area (Å²) in [7, 11) is 1.60. The Balaban J connectivity index is 1.54. The summed E-state index contributed by atoms with van der Waals surface area (Å²) >= 11 is 2.54. The van der Waals surface area contributed by atoms with E-state index in [4.69, 9.17) is 4.74 Å². The van der Waals surface area contributed by atoms with Crippen molar-refractivity contribution in [2.24, 2.45) is 0 Å². The second-order valence-electron chi connectivity index (χ2n) is 5.06. The zero-order valence-corrected chi connectivity index (χ0v) is 15.4. The molecule has 0 bridgehead atoms. The van der Waals surface area contributed by atoms with Gasteiger partial charge in [-0.25, -0.2) is 14.1 Å². The van der Waals surface area contributed by atoms with Gasteiger partial charge in [0.25, 0.3) is 0 Å². The molecule has 0 aliphatic rings. The summed E-state index contributed by atoms with van der Waals surface area (Å²) in [6.45, 7) is 0.997. The van der Waals surface area contributed by atoms with Crippen LogP contribution in [0.1, 0.15) is 0 Å². The Kier molecular flexibility index (Phi) is 6.26. The first-order valence-electron chi connectivity index (χ1n) is 7.55. The van der Waals surface area contributed by atoms with Crippen LogP contribution < -0.4 is 5.32 Å². The molecule has 1 aromatic carbocycles. The molecule has 1 N–H and O–H groups in total. The minimum Gasteiger partial charge on any atom is -0.383 e. The van der Waals surface area contributed by atoms with E-state index in [0.29, 0.717) is 29.1 Å². The summed E-state index contributed by atoms with van der Waals surface area (Å²) in [5, 5.41) is 16.9. The zero-order valence-electron chi connectivity index (χ0n) is 13.8. The van der Waals surface area contributed by atoms with Gasteiger partial charge in [-0.1, -0.05) is 11.8 Å². The number of amides is 1. The minimum atomic E-state index is -0.303. The summed E-state index contributed by atoms with van der Waals surface area (Å²) in [5.41, 5.74) is 1.47. The molecule has 0 spiro atoms. The first-order valence-corrected chi connectivity index (χ1v) is 9.41. The summed E-state index contributed by atoms with van der Waals surface area (Å²) in [6.07, 6.45) is 0. The minimum absolute atomic E-state index is 0.152. The molecular weight excluding hydrogens is 379 g/mol. The van der Waals surface area contributed by atoms with Crippen LogP contribution in [0.4, 0.5) is 9.52 Å². The summed E-state index contributed by atoms with van der Waals surface area (Å²) in [5.74, 6) is -0.364. The van der Waals surface area contributed by atoms with E-state index >= 15 is 0 Å². The van der Waals surface area contributed by atoms with Crippen molar-refractivity contribution >= 4 is 34.1 Å². The maximum absolute atomic E-state index is 13.0. The average Bonchev–Trinajstić information content (AvgIpc) is 3.28. The Bertz CT molecular complexity index is 867. The maximum Gasteiger partial charge on any atom is 0.236 e. The SMILES string of the molecule is COCCn1nnnc1SCC(=O)Nc1nc(-c2ccc(F)cc2)cs1. The molecule has 2 heterocycles. The highest BCUT2D eigenvalue weighted by Crippen LogP contribution is 2.25. The summed E-state index contributed by atoms with van der Waals surface area (Å²) in [4.78, 5) is 16.5. The van der Waals surface area contributed by atoms with Gasteiger partial charge in [0.2, 0.25) is 11.1 Å². The van der Waals surface area contributed by atoms with Crippen molar-refractivity contribution in [3.63, 3.8) is 0 Å². The number of nitrogens with one attached hydrogen (secondary N) is 1. The van der Waals surface area contributed by atoms with E-state index in [1.165, 1.54) is 35.2 Å². The van der Waals surface area contributed by atoms with Crippen molar-refractivity contribution in [2.45, 2.75) is 11.7 Å². The van der Waals surface area contributed by atoms with Crippen LogP contribution in [-0.2, 0) is 16.1 Å². The molecular formula is C15H15FN6O2S2. The summed E-state index contributed by atoms with van der Waals surface area (Å²) in [6, 6.07) is 6.03. The van der Waals surface area contributed by atoms with Crippen molar-refractivity contribution in [2.75, 3.05) is 24.8 Å². The number of hydrogen-bond acceptors (Lipinski definition) is 8. The van der Waals surface area contributed by atoms with Crippen LogP contribution >= 0.6 is 23.1 Å². The van der Waals surface area contributed by atoms with E-state index in [2.05, 4.69) is 25.8 Å². The quantitative estimate of drug-likeness (QED) is 0.586. The molecule has 3 aromatic rings. The fraction of sp³-hybridized carbons (Fsp3) is 0.267. The van der Waals surface area contributed by atoms with Crippen LogP contribution in [0.15, 0.2) is 34.8 Å². The highest BCUT2D eigenvalue weighted by Gasteiger charge is 2.12. The molecule has 11 heteroatoms. The largest absolute Gasteiger partial charge is 0.383 e. The Morgan fingerprint density at radius 3 is 2.96 bits per heavy atom. The second-order valence-corrected chi connectivity index (χ2v) is 6.86. The topological polar surface area (TPSA) is 94.8 Å². The molecule has 0 saturated heterocycles. The van der Waals surface area contributed by atoms with Crippen molar-refractivity contribution in [3.8, 4) is 11.3 Å². The van der Waals surface area contributed by atoms with E-state index in [1.54, 1.807) is 29.3 Å². The number of benzene rings is 1. The molecule has 1 amide bonds. The van der Waals surface area contributed by atoms with Crippen LogP contribution in [0.25, 0.3) is 11.3 Å². The van der Waals surface area contributed by atoms with Gasteiger partial charge in [-0.2, -0.15) is 0 Å². The van der Waals surface area contributed by atoms with Crippen LogP contribution in [0, 0.1) is 5.82 Å². The number of methoxy groups -OCH3 is 1. The molecule has 0 aliphatic heterocycles. The van der Waals surface area contributed by atoms with Gasteiger partial charge in [0.15, 0.2) is 5.13 Å². The number of carbonyl (C=O) groups is 1. The van der Waals surface area contributed by atoms with Gasteiger partial charge in [0.05, 0.1) is 24.6 Å². The Hall–Kier alpha value is -2.37. The summed E-state index contributed by atoms with van der Waals surface area (Å²) < 4.78 is 19.5. The van der Waals surface area contributed by atoms with Gasteiger partial charge in [-0.05, 0) is 34.7 Å². The molecule has 2 aromatic heterocycles. The van der Waals surface area contributed by atoms with Crippen LogP contribution in [0.2, 0.25) is 0 Å². The van der Waals surface area contributed by atoms with Gasteiger partial charge in [0.1, 0.15) is 5.82 Å². The predicted octanol–water partition coefficient (Wildman–Crippen LogP) is 2.31. The van der Waals surface area contributed by atoms with Crippen LogP contribution in [0.5, 0.6) is 0 Å². The number of tetrazole rings is 1. The zero-order chi connectivity index (χ0) is 18.4. The average molecular weight is 394 g/mol. The van der Waals surface area contributed by atoms with E-state index in [9.17, 15) is 9.18 Å². The number of anilines is 1. The number of carbonyl (C=O) groups excluding carboxylic acids is 1. The van der Waals surface area contributed by atoms with Gasteiger partial charge in [-0.15, -0.1) is 16.4 Å². The van der Waals surface area contributed by atoms with Crippen molar-refractivity contribution < 1.29 is 13.9 Å². The van der Waals surface area contributed by atoms with E-state index in [0.717, 1.165) is 5.56 Å². The number of nitrogens with zero attached hydrogens (tertiary/aromatic N) is 5. The number of rotatable bonds is 8. The normalized spacial score (nSPS) is 10.8. The lowest BCUT2D eigenvalue weighted by Gasteiger charge is -2.03. The van der Waals surface area contributed by atoms with Gasteiger partial charge < -0.3 is 10.1 Å². The lowest BCUT2D eigenvalue weighted by atomic mass is 10.2. The highest BCUT2D eigenvalue weighted by atomic mass is 32.2. The fourth-order valence-electron chi connectivity index (χ4n) is 1.99. The van der Waals surface area contributed by atoms with Crippen LogP contribution in [-0.4, -0.2) is 50.6 Å². The lowest BCUT2D eigenvalue weighted by Crippen LogP contribution is -2.15. The molecule has 0 aliphatic carbocycles. The molecule has 0 fully saturated rings. The molecule has 0 radical (unpaired) electrons. The first-order chi connectivity index (χ1) is 12.7. The highest BCUT2D eigenvalue weighted by molar-refractivity contribution is 7.99. The molecule has 0 atom stereocenters. The van der Waals surface area contributed by atoms with Crippen molar-refractivity contribution in [1.82, 2.24) is 25.2 Å². The Morgan fingerprint density at radius 2 is 2.19 bits per heavy atom. The Morgan fingerprint density at radius 1 is 1.38 bits per heavy atom. The molecule has 3 rings (SSSR count). The number of ether oxygens (including phenoxy) is 1. The van der Waals surface area contributed by atoms with E-state index < -0.39 is 0 Å². The monoisotopic (exact) mass is 394 g/mol. The van der Waals surface area contributed by atoms with E-state index in [1.807, 2.05) is 0 Å². The molecule has 26 heavy (non-hydrogen) atoms. The molecule has 0 unspecified atom stereocenters. The standard InChI is InChI=1S/C15H15FN6O2S2/c1-24-7-6-22-15(19-20-21-22)26-9-13(23)18-14-17-12(8-25-14)10-2-4-11(16)5-3-10/h2-5,8H,6-7,9H2,1H3,(H,17,18,23). The number of thioether (sulfide) groups is 1. The molecule has 0 saturated carbocycles. The predicted molar refractivity (Wildman–Crippen MR) is 96.6 cm³/mol. The number of halogens is 1. The third-order valence-electron chi connectivity index (χ3n) is 3.23. The van der Waals surface area contributed by atoms with Crippen LogP contribution in [0.3, 0.4) is 0 Å². The van der Waals surface area contributed by atoms with E-state index in [-0.39, 0.29) is 17.5 Å². The second kappa shape index (κ2) is 8.83. The van der Waals surface area contributed by atoms with Gasteiger partial charge in [0, 0.05) is 18.1 Å². The Labute approximate surface area is 156 Å². The number of aromatic nitrogens is 5. The molecule has 8 nitrogen and oxygen atoms in total. The smallest absolute Gasteiger partial charge is 0.236 e. The molecule has 136 valence electrons. The fourth-order valence-corrected chi connectivity index (χ4v) is 3.43. The number of thiazole rings is 1. The van der Waals surface area contributed by atoms with Crippen molar-refractivity contribution in [3.05, 3.63) is 35.5 Å². The third kappa shape index (κ3) is 4.84.